The summed E-state index contributed by atoms with van der Waals surface area (Å²) in [6.45, 7) is 3.55. The van der Waals surface area contributed by atoms with Crippen molar-refractivity contribution in [3.05, 3.63) is 109 Å². The average molecular weight is 598 g/mol. The van der Waals surface area contributed by atoms with Crippen LogP contribution >= 0.6 is 23.2 Å². The van der Waals surface area contributed by atoms with Crippen molar-refractivity contribution in [3.63, 3.8) is 0 Å². The molecular weight excluding hydrogens is 577 g/mol. The van der Waals surface area contributed by atoms with Gasteiger partial charge in [-0.3, -0.25) is 15.5 Å². The number of rotatable bonds is 9. The summed E-state index contributed by atoms with van der Waals surface area (Å²) in [5, 5.41) is 25.5. The van der Waals surface area contributed by atoms with E-state index in [1.54, 1.807) is 49.4 Å². The van der Waals surface area contributed by atoms with Crippen molar-refractivity contribution in [3.8, 4) is 6.07 Å². The molecule has 3 aromatic carbocycles. The summed E-state index contributed by atoms with van der Waals surface area (Å²) >= 11 is 12.5. The number of nitrogens with zero attached hydrogens (tertiary/aromatic N) is 4. The predicted octanol–water partition coefficient (Wildman–Crippen LogP) is 6.01. The molecule has 1 atom stereocenters. The largest absolute Gasteiger partial charge is 0.354 e. The second kappa shape index (κ2) is 11.8. The molecule has 3 N–H and O–H groups in total. The molecule has 0 saturated heterocycles. The van der Waals surface area contributed by atoms with Crippen LogP contribution in [-0.2, 0) is 10.0 Å². The Morgan fingerprint density at radius 2 is 1.65 bits per heavy atom. The molecule has 1 unspecified atom stereocenters. The van der Waals surface area contributed by atoms with Crippen LogP contribution in [0.15, 0.2) is 71.9 Å². The number of hydrogen-bond acceptors (Lipinski definition) is 9. The third-order valence-corrected chi connectivity index (χ3v) is 7.72. The minimum Gasteiger partial charge on any atom is -0.334 e. The monoisotopic (exact) mass is 597 g/mol. The maximum atomic E-state index is 12.6. The minimum atomic E-state index is -4.06. The van der Waals surface area contributed by atoms with E-state index in [0.717, 1.165) is 11.9 Å². The molecule has 0 saturated carbocycles. The van der Waals surface area contributed by atoms with Gasteiger partial charge < -0.3 is 5.32 Å². The van der Waals surface area contributed by atoms with Crippen LogP contribution in [-0.4, -0.2) is 23.3 Å². The number of aromatic nitrogens is 2. The van der Waals surface area contributed by atoms with Gasteiger partial charge in [0.15, 0.2) is 0 Å². The van der Waals surface area contributed by atoms with Crippen molar-refractivity contribution < 1.29 is 13.3 Å². The third-order valence-electron chi connectivity index (χ3n) is 5.88. The van der Waals surface area contributed by atoms with E-state index < -0.39 is 26.6 Å². The normalized spacial score (nSPS) is 11.9. The highest BCUT2D eigenvalue weighted by molar-refractivity contribution is 7.89. The van der Waals surface area contributed by atoms with E-state index in [9.17, 15) is 23.8 Å². The van der Waals surface area contributed by atoms with E-state index in [1.807, 2.05) is 6.92 Å². The molecule has 11 nitrogen and oxygen atoms in total. The van der Waals surface area contributed by atoms with Crippen molar-refractivity contribution >= 4 is 56.2 Å². The zero-order valence-electron chi connectivity index (χ0n) is 21.0. The van der Waals surface area contributed by atoms with Gasteiger partial charge in [-0.05, 0) is 60.9 Å². The van der Waals surface area contributed by atoms with Crippen LogP contribution in [0.3, 0.4) is 0 Å². The van der Waals surface area contributed by atoms with Crippen LogP contribution in [0, 0.1) is 35.3 Å². The molecule has 14 heteroatoms. The molecule has 204 valence electrons. The molecule has 0 radical (unpaired) electrons. The van der Waals surface area contributed by atoms with Crippen LogP contribution < -0.4 is 15.6 Å². The first-order valence-electron chi connectivity index (χ1n) is 11.6. The Hall–Kier alpha value is -4.28. The zero-order valence-corrected chi connectivity index (χ0v) is 23.3. The van der Waals surface area contributed by atoms with E-state index >= 15 is 0 Å². The SMILES string of the molecule is Cc1ccc(S(=O)(=O)NNc2ncnc(Nc3cc(Cl)c(C(C#N)c4ccc(Cl)cc4)cc3C)c2[N+](=O)[O-])cc1. The number of nitro groups is 1. The Kier molecular flexibility index (Phi) is 8.51. The Bertz CT molecular complexity index is 1730. The highest BCUT2D eigenvalue weighted by Crippen LogP contribution is 2.37. The number of benzene rings is 3. The number of sulfonamides is 1. The van der Waals surface area contributed by atoms with Gasteiger partial charge in [-0.2, -0.15) is 5.26 Å². The predicted molar refractivity (Wildman–Crippen MR) is 152 cm³/mol. The van der Waals surface area contributed by atoms with Gasteiger partial charge in [0.1, 0.15) is 6.33 Å². The van der Waals surface area contributed by atoms with E-state index in [-0.39, 0.29) is 21.6 Å². The summed E-state index contributed by atoms with van der Waals surface area (Å²) in [5.74, 6) is -1.27. The molecule has 0 spiro atoms. The Labute approximate surface area is 240 Å². The van der Waals surface area contributed by atoms with Crippen molar-refractivity contribution in [2.45, 2.75) is 24.7 Å². The highest BCUT2D eigenvalue weighted by atomic mass is 35.5. The molecule has 1 heterocycles. The van der Waals surface area contributed by atoms with E-state index in [0.29, 0.717) is 27.4 Å². The summed E-state index contributed by atoms with van der Waals surface area (Å²) in [4.78, 5) is 21.1. The van der Waals surface area contributed by atoms with Gasteiger partial charge in [0.2, 0.25) is 11.6 Å². The van der Waals surface area contributed by atoms with E-state index in [4.69, 9.17) is 23.2 Å². The first-order chi connectivity index (χ1) is 19.0. The Morgan fingerprint density at radius 1 is 1.00 bits per heavy atom. The average Bonchev–Trinajstić information content (AvgIpc) is 2.91. The number of hydrogen-bond donors (Lipinski definition) is 3. The number of hydrazine groups is 1. The number of halogens is 2. The molecule has 0 aliphatic heterocycles. The first kappa shape index (κ1) is 28.7. The molecule has 1 aromatic heterocycles. The smallest absolute Gasteiger partial charge is 0.334 e. The number of anilines is 3. The summed E-state index contributed by atoms with van der Waals surface area (Å²) in [6, 6.07) is 18.4. The molecular formula is C26H21Cl2N7O4S. The fourth-order valence-corrected chi connectivity index (χ4v) is 5.03. The molecule has 4 rings (SSSR count). The molecule has 0 bridgehead atoms. The fraction of sp³-hybridized carbons (Fsp3) is 0.115. The molecule has 0 aliphatic carbocycles. The van der Waals surface area contributed by atoms with Gasteiger partial charge in [-0.25, -0.2) is 18.4 Å². The van der Waals surface area contributed by atoms with Gasteiger partial charge in [0, 0.05) is 15.7 Å². The lowest BCUT2D eigenvalue weighted by atomic mass is 9.91. The minimum absolute atomic E-state index is 0.0414. The van der Waals surface area contributed by atoms with E-state index in [2.05, 4.69) is 31.6 Å². The maximum Gasteiger partial charge on any atom is 0.354 e. The standard InChI is InChI=1S/C26H21Cl2N7O4S/c1-15-3-9-19(10-4-15)40(38,39)34-33-26-24(35(36)37)25(30-14-31-26)32-23-12-22(28)20(11-16(23)2)21(13-29)17-5-7-18(27)8-6-17/h3-12,14,21,34H,1-2H3,(H2,30,31,32,33). The van der Waals surface area contributed by atoms with Crippen LogP contribution in [0.2, 0.25) is 10.0 Å². The lowest BCUT2D eigenvalue weighted by molar-refractivity contribution is -0.383. The van der Waals surface area contributed by atoms with Gasteiger partial charge >= 0.3 is 5.69 Å². The summed E-state index contributed by atoms with van der Waals surface area (Å²) in [6.07, 6.45) is 1.04. The summed E-state index contributed by atoms with van der Waals surface area (Å²) in [5.41, 5.74) is 4.82. The van der Waals surface area contributed by atoms with Crippen LogP contribution in [0.1, 0.15) is 28.2 Å². The third kappa shape index (κ3) is 6.30. The van der Waals surface area contributed by atoms with Crippen molar-refractivity contribution in [2.24, 2.45) is 0 Å². The van der Waals surface area contributed by atoms with Gasteiger partial charge in [0.25, 0.3) is 10.0 Å². The first-order valence-corrected chi connectivity index (χ1v) is 13.8. The number of nitrogens with one attached hydrogen (secondary N) is 3. The van der Waals surface area contributed by atoms with Crippen LogP contribution in [0.25, 0.3) is 0 Å². The number of aryl methyl sites for hydroxylation is 2. The molecule has 4 aromatic rings. The summed E-state index contributed by atoms with van der Waals surface area (Å²) < 4.78 is 25.3. The zero-order chi connectivity index (χ0) is 29.0. The molecule has 0 amide bonds. The quantitative estimate of drug-likeness (QED) is 0.155. The van der Waals surface area contributed by atoms with Crippen molar-refractivity contribution in [1.29, 1.82) is 5.26 Å². The molecule has 0 fully saturated rings. The second-order valence-electron chi connectivity index (χ2n) is 8.65. The number of nitriles is 1. The lowest BCUT2D eigenvalue weighted by Crippen LogP contribution is -2.30. The second-order valence-corrected chi connectivity index (χ2v) is 11.2. The van der Waals surface area contributed by atoms with Crippen molar-refractivity contribution in [1.82, 2.24) is 14.8 Å². The van der Waals surface area contributed by atoms with E-state index in [1.165, 1.54) is 18.2 Å². The Balaban J connectivity index is 1.63. The highest BCUT2D eigenvalue weighted by Gasteiger charge is 2.26. The maximum absolute atomic E-state index is 12.6. The van der Waals surface area contributed by atoms with Gasteiger partial charge in [-0.1, -0.05) is 59.1 Å². The van der Waals surface area contributed by atoms with Crippen LogP contribution in [0.4, 0.5) is 23.0 Å². The Morgan fingerprint density at radius 3 is 2.27 bits per heavy atom. The van der Waals surface area contributed by atoms with Crippen LogP contribution in [0.5, 0.6) is 0 Å². The molecule has 40 heavy (non-hydrogen) atoms. The van der Waals surface area contributed by atoms with Gasteiger partial charge in [-0.15, -0.1) is 4.83 Å². The fourth-order valence-electron chi connectivity index (χ4n) is 3.79. The topological polar surface area (TPSA) is 163 Å². The van der Waals surface area contributed by atoms with Crippen molar-refractivity contribution in [2.75, 3.05) is 10.7 Å². The van der Waals surface area contributed by atoms with Gasteiger partial charge in [0.05, 0.1) is 21.8 Å². The lowest BCUT2D eigenvalue weighted by Gasteiger charge is -2.17. The molecule has 0 aliphatic rings. The summed E-state index contributed by atoms with van der Waals surface area (Å²) in [7, 11) is -4.06.